The van der Waals surface area contributed by atoms with Crippen LogP contribution in [0.15, 0.2) is 0 Å². The average Bonchev–Trinajstić information content (AvgIpc) is 3.29. The van der Waals surface area contributed by atoms with Crippen LogP contribution in [0.1, 0.15) is 38.5 Å². The smallest absolute Gasteiger partial charge is 0.326 e. The van der Waals surface area contributed by atoms with E-state index in [1.54, 1.807) is 0 Å². The van der Waals surface area contributed by atoms with E-state index in [1.807, 2.05) is 0 Å². The second-order valence-electron chi connectivity index (χ2n) is 6.26. The fraction of sp³-hybridized carbons (Fsp3) is 0.733. The van der Waals surface area contributed by atoms with Crippen LogP contribution in [0.5, 0.6) is 0 Å². The SMILES string of the molecule is O=C(COC(=O)CN1C(=O)C2CCCCC2C1=O)NC1CC1. The fourth-order valence-corrected chi connectivity index (χ4v) is 3.20. The molecule has 0 bridgehead atoms. The molecular weight excluding hydrogens is 288 g/mol. The molecule has 0 spiro atoms. The molecule has 3 fully saturated rings. The monoisotopic (exact) mass is 308 g/mol. The molecule has 3 aliphatic rings. The van der Waals surface area contributed by atoms with Gasteiger partial charge in [0, 0.05) is 6.04 Å². The quantitative estimate of drug-likeness (QED) is 0.569. The van der Waals surface area contributed by atoms with Crippen molar-refractivity contribution in [3.8, 4) is 0 Å². The Labute approximate surface area is 128 Å². The van der Waals surface area contributed by atoms with Gasteiger partial charge < -0.3 is 10.1 Å². The summed E-state index contributed by atoms with van der Waals surface area (Å²) in [6.45, 7) is -0.750. The molecule has 0 aromatic carbocycles. The number of ether oxygens (including phenoxy) is 1. The van der Waals surface area contributed by atoms with Crippen molar-refractivity contribution < 1.29 is 23.9 Å². The molecule has 1 heterocycles. The van der Waals surface area contributed by atoms with Gasteiger partial charge in [-0.25, -0.2) is 0 Å². The lowest BCUT2D eigenvalue weighted by Crippen LogP contribution is -2.38. The summed E-state index contributed by atoms with van der Waals surface area (Å²) >= 11 is 0. The fourth-order valence-electron chi connectivity index (χ4n) is 3.20. The first kappa shape index (κ1) is 15.0. The summed E-state index contributed by atoms with van der Waals surface area (Å²) in [5.41, 5.74) is 0. The van der Waals surface area contributed by atoms with Gasteiger partial charge in [0.25, 0.3) is 5.91 Å². The molecule has 120 valence electrons. The second-order valence-corrected chi connectivity index (χ2v) is 6.26. The van der Waals surface area contributed by atoms with Gasteiger partial charge in [-0.3, -0.25) is 24.1 Å². The molecule has 2 saturated carbocycles. The van der Waals surface area contributed by atoms with Crippen LogP contribution < -0.4 is 5.32 Å². The summed E-state index contributed by atoms with van der Waals surface area (Å²) in [4.78, 5) is 48.6. The third-order valence-electron chi connectivity index (χ3n) is 4.53. The molecule has 3 rings (SSSR count). The maximum absolute atomic E-state index is 12.2. The normalized spacial score (nSPS) is 27.5. The van der Waals surface area contributed by atoms with Crippen molar-refractivity contribution in [2.45, 2.75) is 44.6 Å². The van der Waals surface area contributed by atoms with Gasteiger partial charge >= 0.3 is 5.97 Å². The highest BCUT2D eigenvalue weighted by atomic mass is 16.5. The van der Waals surface area contributed by atoms with Crippen molar-refractivity contribution in [2.75, 3.05) is 13.2 Å². The molecule has 1 aliphatic heterocycles. The van der Waals surface area contributed by atoms with Gasteiger partial charge in [-0.05, 0) is 25.7 Å². The van der Waals surface area contributed by atoms with Gasteiger partial charge in [-0.15, -0.1) is 0 Å². The minimum atomic E-state index is -0.716. The van der Waals surface area contributed by atoms with E-state index < -0.39 is 5.97 Å². The number of rotatable bonds is 5. The lowest BCUT2D eigenvalue weighted by molar-refractivity contribution is -0.154. The lowest BCUT2D eigenvalue weighted by atomic mass is 9.81. The Kier molecular flexibility index (Phi) is 4.13. The molecule has 7 heteroatoms. The van der Waals surface area contributed by atoms with Gasteiger partial charge in [0.2, 0.25) is 11.8 Å². The molecule has 0 aromatic rings. The summed E-state index contributed by atoms with van der Waals surface area (Å²) in [6.07, 6.45) is 5.23. The van der Waals surface area contributed by atoms with Gasteiger partial charge in [-0.2, -0.15) is 0 Å². The molecule has 7 nitrogen and oxygen atoms in total. The molecule has 2 aliphatic carbocycles. The lowest BCUT2D eigenvalue weighted by Gasteiger charge is -2.19. The van der Waals surface area contributed by atoms with Crippen LogP contribution in [0, 0.1) is 11.8 Å². The average molecular weight is 308 g/mol. The van der Waals surface area contributed by atoms with Crippen LogP contribution in [-0.2, 0) is 23.9 Å². The zero-order valence-electron chi connectivity index (χ0n) is 12.4. The molecule has 2 unspecified atom stereocenters. The largest absolute Gasteiger partial charge is 0.454 e. The molecular formula is C15H20N2O5. The Hall–Kier alpha value is -1.92. The van der Waals surface area contributed by atoms with Crippen molar-refractivity contribution in [3.63, 3.8) is 0 Å². The van der Waals surface area contributed by atoms with E-state index in [1.165, 1.54) is 0 Å². The summed E-state index contributed by atoms with van der Waals surface area (Å²) in [5.74, 6) is -2.14. The van der Waals surface area contributed by atoms with Gasteiger partial charge in [0.1, 0.15) is 6.54 Å². The van der Waals surface area contributed by atoms with E-state index in [0.717, 1.165) is 30.6 Å². The van der Waals surface area contributed by atoms with E-state index in [4.69, 9.17) is 4.74 Å². The minimum Gasteiger partial charge on any atom is -0.454 e. The second kappa shape index (κ2) is 6.06. The van der Waals surface area contributed by atoms with Gasteiger partial charge in [0.05, 0.1) is 11.8 Å². The Morgan fingerprint density at radius 2 is 1.64 bits per heavy atom. The first-order valence-electron chi connectivity index (χ1n) is 7.86. The van der Waals surface area contributed by atoms with Crippen LogP contribution in [0.3, 0.4) is 0 Å². The molecule has 2 atom stereocenters. The van der Waals surface area contributed by atoms with Crippen molar-refractivity contribution in [2.24, 2.45) is 11.8 Å². The van der Waals surface area contributed by atoms with Crippen LogP contribution in [0.4, 0.5) is 0 Å². The first-order chi connectivity index (χ1) is 10.6. The third-order valence-corrected chi connectivity index (χ3v) is 4.53. The van der Waals surface area contributed by atoms with E-state index >= 15 is 0 Å². The summed E-state index contributed by atoms with van der Waals surface area (Å²) < 4.78 is 4.85. The van der Waals surface area contributed by atoms with Crippen molar-refractivity contribution in [1.29, 1.82) is 0 Å². The van der Waals surface area contributed by atoms with Gasteiger partial charge in [-0.1, -0.05) is 12.8 Å². The summed E-state index contributed by atoms with van der Waals surface area (Å²) in [6, 6.07) is 0.205. The number of hydrogen-bond acceptors (Lipinski definition) is 5. The standard InChI is InChI=1S/C15H20N2O5/c18-12(16-9-5-6-9)8-22-13(19)7-17-14(20)10-3-1-2-4-11(10)15(17)21/h9-11H,1-8H2,(H,16,18). The maximum Gasteiger partial charge on any atom is 0.326 e. The highest BCUT2D eigenvalue weighted by Gasteiger charge is 2.48. The number of amides is 3. The Balaban J connectivity index is 1.49. The third kappa shape index (κ3) is 3.13. The molecule has 0 radical (unpaired) electrons. The van der Waals surface area contributed by atoms with E-state index in [0.29, 0.717) is 12.8 Å². The number of carbonyl (C=O) groups excluding carboxylic acids is 4. The van der Waals surface area contributed by atoms with Crippen LogP contribution >= 0.6 is 0 Å². The number of esters is 1. The topological polar surface area (TPSA) is 92.8 Å². The number of nitrogens with one attached hydrogen (secondary N) is 1. The van der Waals surface area contributed by atoms with Crippen molar-refractivity contribution >= 4 is 23.7 Å². The Bertz CT molecular complexity index is 490. The van der Waals surface area contributed by atoms with Crippen molar-refractivity contribution in [3.05, 3.63) is 0 Å². The highest BCUT2D eigenvalue weighted by molar-refractivity contribution is 6.07. The summed E-state index contributed by atoms with van der Waals surface area (Å²) in [7, 11) is 0. The van der Waals surface area contributed by atoms with E-state index in [-0.39, 0.29) is 48.8 Å². The predicted octanol–water partition coefficient (Wildman–Crippen LogP) is -0.0166. The predicted molar refractivity (Wildman–Crippen MR) is 74.3 cm³/mol. The zero-order valence-corrected chi connectivity index (χ0v) is 12.4. The van der Waals surface area contributed by atoms with E-state index in [2.05, 4.69) is 5.32 Å². The Morgan fingerprint density at radius 3 is 2.18 bits per heavy atom. The zero-order chi connectivity index (χ0) is 15.7. The first-order valence-corrected chi connectivity index (χ1v) is 7.86. The minimum absolute atomic E-state index is 0.205. The number of likely N-dealkylation sites (tertiary alicyclic amines) is 1. The number of imide groups is 1. The van der Waals surface area contributed by atoms with Crippen LogP contribution in [0.2, 0.25) is 0 Å². The molecule has 1 N–H and O–H groups in total. The molecule has 1 saturated heterocycles. The molecule has 3 amide bonds. The number of fused-ring (bicyclic) bond motifs is 1. The van der Waals surface area contributed by atoms with E-state index in [9.17, 15) is 19.2 Å². The Morgan fingerprint density at radius 1 is 1.05 bits per heavy atom. The number of carbonyl (C=O) groups is 4. The number of hydrogen-bond donors (Lipinski definition) is 1. The van der Waals surface area contributed by atoms with Crippen LogP contribution in [0.25, 0.3) is 0 Å². The maximum atomic E-state index is 12.2. The number of nitrogens with zero attached hydrogens (tertiary/aromatic N) is 1. The highest BCUT2D eigenvalue weighted by Crippen LogP contribution is 2.37. The van der Waals surface area contributed by atoms with Gasteiger partial charge in [0.15, 0.2) is 6.61 Å². The molecule has 22 heavy (non-hydrogen) atoms. The van der Waals surface area contributed by atoms with Crippen LogP contribution in [-0.4, -0.2) is 47.8 Å². The molecule has 0 aromatic heterocycles. The van der Waals surface area contributed by atoms with Crippen molar-refractivity contribution in [1.82, 2.24) is 10.2 Å². The summed E-state index contributed by atoms with van der Waals surface area (Å²) in [5, 5.41) is 2.70.